The van der Waals surface area contributed by atoms with E-state index in [1.54, 1.807) is 0 Å². The van der Waals surface area contributed by atoms with Gasteiger partial charge in [-0.2, -0.15) is 5.10 Å². The van der Waals surface area contributed by atoms with Crippen LogP contribution in [-0.2, 0) is 10.3 Å². The number of piperazine rings is 1. The highest BCUT2D eigenvalue weighted by Gasteiger charge is 2.35. The molecule has 0 radical (unpaired) electrons. The van der Waals surface area contributed by atoms with E-state index in [9.17, 15) is 4.79 Å². The summed E-state index contributed by atoms with van der Waals surface area (Å²) in [5.74, 6) is 0.667. The first-order valence-electron chi connectivity index (χ1n) is 12.0. The van der Waals surface area contributed by atoms with E-state index in [0.29, 0.717) is 11.8 Å². The number of benzene rings is 1. The summed E-state index contributed by atoms with van der Waals surface area (Å²) in [5.41, 5.74) is 6.18. The van der Waals surface area contributed by atoms with Gasteiger partial charge in [-0.3, -0.25) is 4.79 Å². The number of aromatic nitrogens is 2. The molecular formula is C26H31N5O. The number of anilines is 1. The summed E-state index contributed by atoms with van der Waals surface area (Å²) in [6.07, 6.45) is 8.58. The first-order chi connectivity index (χ1) is 15.6. The molecule has 166 valence electrons. The molecule has 2 aromatic heterocycles. The van der Waals surface area contributed by atoms with Crippen LogP contribution in [0.2, 0.25) is 0 Å². The van der Waals surface area contributed by atoms with Gasteiger partial charge >= 0.3 is 0 Å². The van der Waals surface area contributed by atoms with Crippen molar-refractivity contribution in [1.29, 1.82) is 0 Å². The molecule has 6 rings (SSSR count). The number of hydrogen-bond donors (Lipinski definition) is 1. The standard InChI is InChI=1S/C26H31N5O/c1-26(10-2-11-27-26)22-7-5-19(6-8-22)21-17-24-23(9-12-28-31(24)18-21)29-13-15-30(16-14-29)25(32)20-3-4-20/h5-9,12,17-18,20,27H,2-4,10-11,13-16H2,1H3/t26-/m1/s1. The van der Waals surface area contributed by atoms with E-state index in [2.05, 4.69) is 69.7 Å². The number of carbonyl (C=O) groups is 1. The smallest absolute Gasteiger partial charge is 0.225 e. The Balaban J connectivity index is 1.23. The molecule has 3 aliphatic rings. The number of carbonyl (C=O) groups excluding carboxylic acids is 1. The summed E-state index contributed by atoms with van der Waals surface area (Å²) in [7, 11) is 0. The quantitative estimate of drug-likeness (QED) is 0.688. The van der Waals surface area contributed by atoms with Gasteiger partial charge < -0.3 is 15.1 Å². The monoisotopic (exact) mass is 429 g/mol. The first-order valence-corrected chi connectivity index (χ1v) is 12.0. The van der Waals surface area contributed by atoms with Crippen molar-refractivity contribution in [2.24, 2.45) is 5.92 Å². The molecular weight excluding hydrogens is 398 g/mol. The number of rotatable bonds is 4. The van der Waals surface area contributed by atoms with Gasteiger partial charge in [0.2, 0.25) is 5.91 Å². The summed E-state index contributed by atoms with van der Waals surface area (Å²) in [4.78, 5) is 16.8. The highest BCUT2D eigenvalue weighted by atomic mass is 16.2. The van der Waals surface area contributed by atoms with Gasteiger partial charge in [0.25, 0.3) is 0 Å². The van der Waals surface area contributed by atoms with Crippen molar-refractivity contribution < 1.29 is 4.79 Å². The maximum Gasteiger partial charge on any atom is 0.225 e. The van der Waals surface area contributed by atoms with Crippen molar-refractivity contribution in [3.05, 3.63) is 54.4 Å². The fourth-order valence-corrected chi connectivity index (χ4v) is 5.35. The zero-order valence-electron chi connectivity index (χ0n) is 18.8. The molecule has 1 N–H and O–H groups in total. The molecule has 6 nitrogen and oxygen atoms in total. The summed E-state index contributed by atoms with van der Waals surface area (Å²) >= 11 is 0. The highest BCUT2D eigenvalue weighted by Crippen LogP contribution is 2.34. The lowest BCUT2D eigenvalue weighted by Gasteiger charge is -2.36. The van der Waals surface area contributed by atoms with Crippen LogP contribution in [0.15, 0.2) is 48.8 Å². The molecule has 3 fully saturated rings. The van der Waals surface area contributed by atoms with Gasteiger partial charge in [-0.25, -0.2) is 4.52 Å². The van der Waals surface area contributed by atoms with Gasteiger partial charge in [0.05, 0.1) is 11.2 Å². The first kappa shape index (κ1) is 19.8. The fraction of sp³-hybridized carbons (Fsp3) is 0.462. The Labute approximate surface area is 189 Å². The van der Waals surface area contributed by atoms with Crippen LogP contribution in [0.1, 0.15) is 38.2 Å². The van der Waals surface area contributed by atoms with Crippen LogP contribution >= 0.6 is 0 Å². The third-order valence-electron chi connectivity index (χ3n) is 7.57. The predicted molar refractivity (Wildman–Crippen MR) is 127 cm³/mol. The van der Waals surface area contributed by atoms with Crippen molar-refractivity contribution in [3.63, 3.8) is 0 Å². The molecule has 1 atom stereocenters. The van der Waals surface area contributed by atoms with Crippen molar-refractivity contribution in [1.82, 2.24) is 19.8 Å². The van der Waals surface area contributed by atoms with Crippen molar-refractivity contribution in [2.45, 2.75) is 38.1 Å². The Morgan fingerprint density at radius 1 is 1.06 bits per heavy atom. The Hall–Kier alpha value is -2.86. The van der Waals surface area contributed by atoms with E-state index < -0.39 is 0 Å². The largest absolute Gasteiger partial charge is 0.366 e. The van der Waals surface area contributed by atoms with Crippen molar-refractivity contribution in [2.75, 3.05) is 37.6 Å². The lowest BCUT2D eigenvalue weighted by molar-refractivity contribution is -0.132. The molecule has 2 saturated heterocycles. The molecule has 2 aliphatic heterocycles. The van der Waals surface area contributed by atoms with Crippen molar-refractivity contribution >= 4 is 17.1 Å². The molecule has 32 heavy (non-hydrogen) atoms. The fourth-order valence-electron chi connectivity index (χ4n) is 5.35. The molecule has 0 spiro atoms. The number of nitrogens with zero attached hydrogens (tertiary/aromatic N) is 4. The van der Waals surface area contributed by atoms with E-state index in [0.717, 1.165) is 51.1 Å². The molecule has 6 heteroatoms. The molecule has 3 aromatic rings. The minimum Gasteiger partial charge on any atom is -0.366 e. The molecule has 0 unspecified atom stereocenters. The molecule has 1 saturated carbocycles. The third kappa shape index (κ3) is 3.47. The van der Waals surface area contributed by atoms with Gasteiger partial charge in [-0.1, -0.05) is 24.3 Å². The topological polar surface area (TPSA) is 52.9 Å². The second-order valence-electron chi connectivity index (χ2n) is 9.80. The highest BCUT2D eigenvalue weighted by molar-refractivity contribution is 5.82. The van der Waals surface area contributed by atoms with E-state index >= 15 is 0 Å². The van der Waals surface area contributed by atoms with Crippen LogP contribution in [0.25, 0.3) is 16.6 Å². The van der Waals surface area contributed by atoms with Gasteiger partial charge in [0, 0.05) is 55.6 Å². The van der Waals surface area contributed by atoms with Gasteiger partial charge in [0.15, 0.2) is 0 Å². The summed E-state index contributed by atoms with van der Waals surface area (Å²) < 4.78 is 1.99. The SMILES string of the molecule is C[C@]1(c2ccc(-c3cc4c(N5CCN(C(=O)C6CC6)CC5)ccnn4c3)cc2)CCCN1. The Morgan fingerprint density at radius 3 is 2.53 bits per heavy atom. The lowest BCUT2D eigenvalue weighted by atomic mass is 9.89. The summed E-state index contributed by atoms with van der Waals surface area (Å²) in [6.45, 7) is 6.77. The Morgan fingerprint density at radius 2 is 1.84 bits per heavy atom. The molecule has 1 aromatic carbocycles. The number of amides is 1. The zero-order chi connectivity index (χ0) is 21.7. The van der Waals surface area contributed by atoms with Crippen LogP contribution in [0.4, 0.5) is 5.69 Å². The maximum atomic E-state index is 12.4. The molecule has 1 aliphatic carbocycles. The van der Waals surface area contributed by atoms with Crippen molar-refractivity contribution in [3.8, 4) is 11.1 Å². The summed E-state index contributed by atoms with van der Waals surface area (Å²) in [6, 6.07) is 13.3. The van der Waals surface area contributed by atoms with Crippen LogP contribution in [0.3, 0.4) is 0 Å². The van der Waals surface area contributed by atoms with E-state index in [4.69, 9.17) is 0 Å². The van der Waals surface area contributed by atoms with Gasteiger partial charge in [0.1, 0.15) is 0 Å². The summed E-state index contributed by atoms with van der Waals surface area (Å²) in [5, 5.41) is 8.21. The van der Waals surface area contributed by atoms with Crippen LogP contribution in [0, 0.1) is 5.92 Å². The molecule has 4 heterocycles. The number of fused-ring (bicyclic) bond motifs is 1. The Kier molecular flexibility index (Phi) is 4.72. The molecule has 1 amide bonds. The van der Waals surface area contributed by atoms with E-state index in [1.165, 1.54) is 35.2 Å². The van der Waals surface area contributed by atoms with Gasteiger partial charge in [-0.15, -0.1) is 0 Å². The molecule has 0 bridgehead atoms. The van der Waals surface area contributed by atoms with Gasteiger partial charge in [-0.05, 0) is 62.4 Å². The second-order valence-corrected chi connectivity index (χ2v) is 9.80. The Bertz CT molecular complexity index is 1130. The number of hydrogen-bond acceptors (Lipinski definition) is 4. The van der Waals surface area contributed by atoms with E-state index in [-0.39, 0.29) is 5.54 Å². The minimum absolute atomic E-state index is 0.0990. The predicted octanol–water partition coefficient (Wildman–Crippen LogP) is 3.66. The number of nitrogens with one attached hydrogen (secondary N) is 1. The second kappa shape index (κ2) is 7.62. The normalized spacial score (nSPS) is 23.8. The zero-order valence-corrected chi connectivity index (χ0v) is 18.8. The average molecular weight is 430 g/mol. The van der Waals surface area contributed by atoms with Crippen LogP contribution in [0.5, 0.6) is 0 Å². The van der Waals surface area contributed by atoms with Crippen LogP contribution in [-0.4, -0.2) is 53.1 Å². The minimum atomic E-state index is 0.0990. The van der Waals surface area contributed by atoms with Crippen LogP contribution < -0.4 is 10.2 Å². The van der Waals surface area contributed by atoms with E-state index in [1.807, 2.05) is 10.7 Å². The lowest BCUT2D eigenvalue weighted by Crippen LogP contribution is -2.49. The maximum absolute atomic E-state index is 12.4. The third-order valence-corrected chi connectivity index (χ3v) is 7.57. The average Bonchev–Trinajstić information content (AvgIpc) is 3.43.